The topological polar surface area (TPSA) is 95.1 Å². The number of nitrogens with one attached hydrogen (secondary N) is 1. The predicted molar refractivity (Wildman–Crippen MR) is 80.6 cm³/mol. The summed E-state index contributed by atoms with van der Waals surface area (Å²) in [6, 6.07) is 3.81. The second kappa shape index (κ2) is 5.82. The van der Waals surface area contributed by atoms with Gasteiger partial charge in [0, 0.05) is 12.2 Å². The van der Waals surface area contributed by atoms with Crippen LogP contribution in [-0.2, 0) is 4.74 Å². The summed E-state index contributed by atoms with van der Waals surface area (Å²) in [4.78, 5) is 16.2. The third-order valence-corrected chi connectivity index (χ3v) is 2.85. The lowest BCUT2D eigenvalue weighted by molar-refractivity contribution is 0.0603. The van der Waals surface area contributed by atoms with Crippen molar-refractivity contribution in [3.63, 3.8) is 0 Å². The van der Waals surface area contributed by atoms with E-state index in [9.17, 15) is 4.79 Å². The minimum Gasteiger partial charge on any atom is -0.465 e. The molecular weight excluding hydrogens is 270 g/mol. The Balaban J connectivity index is 2.58. The van der Waals surface area contributed by atoms with Gasteiger partial charge in [-0.1, -0.05) is 0 Å². The molecule has 3 N–H and O–H groups in total. The molecule has 0 fully saturated rings. The lowest BCUT2D eigenvalue weighted by atomic mass is 10.2. The Morgan fingerprint density at radius 2 is 2.19 bits per heavy atom. The van der Waals surface area contributed by atoms with Crippen molar-refractivity contribution >= 4 is 17.6 Å². The zero-order chi connectivity index (χ0) is 15.6. The number of pyridine rings is 1. The first kappa shape index (κ1) is 14.8. The fourth-order valence-corrected chi connectivity index (χ4v) is 1.92. The number of methoxy groups -OCH3 is 1. The predicted octanol–water partition coefficient (Wildman–Crippen LogP) is 1.76. The van der Waals surface area contributed by atoms with E-state index in [4.69, 9.17) is 10.5 Å². The summed E-state index contributed by atoms with van der Waals surface area (Å²) >= 11 is 0. The molecule has 21 heavy (non-hydrogen) atoms. The standard InChI is InChI=1S/C14H19N5O2/c1-8(2)17-13-11(14(20)21-4)12(15)19(18-13)10-7-9(3)5-6-16-10/h5-8H,15H2,1-4H3,(H,17,18). The molecular formula is C14H19N5O2. The lowest BCUT2D eigenvalue weighted by Crippen LogP contribution is -2.14. The molecule has 112 valence electrons. The summed E-state index contributed by atoms with van der Waals surface area (Å²) in [5.41, 5.74) is 7.30. The number of nitrogens with two attached hydrogens (primary N) is 1. The maximum atomic E-state index is 11.9. The maximum Gasteiger partial charge on any atom is 0.345 e. The Hall–Kier alpha value is -2.57. The molecule has 0 aliphatic rings. The fraction of sp³-hybridized carbons (Fsp3) is 0.357. The lowest BCUT2D eigenvalue weighted by Gasteiger charge is -2.07. The molecule has 2 rings (SSSR count). The molecule has 0 spiro atoms. The Labute approximate surface area is 123 Å². The first-order valence-corrected chi connectivity index (χ1v) is 6.60. The van der Waals surface area contributed by atoms with Gasteiger partial charge in [-0.3, -0.25) is 0 Å². The molecule has 0 saturated carbocycles. The van der Waals surface area contributed by atoms with Crippen molar-refractivity contribution in [1.82, 2.24) is 14.8 Å². The van der Waals surface area contributed by atoms with E-state index in [1.54, 1.807) is 6.20 Å². The quantitative estimate of drug-likeness (QED) is 0.833. The highest BCUT2D eigenvalue weighted by atomic mass is 16.5. The number of ether oxygens (including phenoxy) is 1. The van der Waals surface area contributed by atoms with Gasteiger partial charge in [-0.15, -0.1) is 5.10 Å². The number of carbonyl (C=O) groups is 1. The number of aromatic nitrogens is 3. The number of nitrogens with zero attached hydrogens (tertiary/aromatic N) is 3. The first-order chi connectivity index (χ1) is 9.93. The largest absolute Gasteiger partial charge is 0.465 e. The van der Waals surface area contributed by atoms with Crippen molar-refractivity contribution < 1.29 is 9.53 Å². The Bertz CT molecular complexity index is 663. The molecule has 2 heterocycles. The zero-order valence-corrected chi connectivity index (χ0v) is 12.5. The summed E-state index contributed by atoms with van der Waals surface area (Å²) in [7, 11) is 1.31. The molecule has 0 aliphatic carbocycles. The van der Waals surface area contributed by atoms with E-state index in [0.717, 1.165) is 5.56 Å². The smallest absolute Gasteiger partial charge is 0.345 e. The molecule has 0 aliphatic heterocycles. The van der Waals surface area contributed by atoms with E-state index in [2.05, 4.69) is 15.4 Å². The van der Waals surface area contributed by atoms with Crippen LogP contribution in [0.3, 0.4) is 0 Å². The summed E-state index contributed by atoms with van der Waals surface area (Å²) in [6.45, 7) is 5.84. The van der Waals surface area contributed by atoms with Gasteiger partial charge in [0.2, 0.25) is 0 Å². The Morgan fingerprint density at radius 1 is 1.48 bits per heavy atom. The highest BCUT2D eigenvalue weighted by Crippen LogP contribution is 2.25. The molecule has 0 unspecified atom stereocenters. The van der Waals surface area contributed by atoms with Crippen LogP contribution in [0.1, 0.15) is 29.8 Å². The van der Waals surface area contributed by atoms with Gasteiger partial charge in [0.1, 0.15) is 11.4 Å². The molecule has 0 saturated heterocycles. The van der Waals surface area contributed by atoms with Gasteiger partial charge in [0.25, 0.3) is 0 Å². The number of hydrogen-bond acceptors (Lipinski definition) is 6. The van der Waals surface area contributed by atoms with Crippen molar-refractivity contribution in [3.05, 3.63) is 29.5 Å². The van der Waals surface area contributed by atoms with Crippen LogP contribution in [0.2, 0.25) is 0 Å². The van der Waals surface area contributed by atoms with Gasteiger partial charge < -0.3 is 15.8 Å². The van der Waals surface area contributed by atoms with Crippen LogP contribution in [0.5, 0.6) is 0 Å². The first-order valence-electron chi connectivity index (χ1n) is 6.60. The maximum absolute atomic E-state index is 11.9. The second-order valence-corrected chi connectivity index (χ2v) is 5.00. The third kappa shape index (κ3) is 2.96. The van der Waals surface area contributed by atoms with E-state index in [1.807, 2.05) is 32.9 Å². The van der Waals surface area contributed by atoms with Crippen LogP contribution in [-0.4, -0.2) is 33.9 Å². The third-order valence-electron chi connectivity index (χ3n) is 2.85. The fourth-order valence-electron chi connectivity index (χ4n) is 1.92. The van der Waals surface area contributed by atoms with Crippen molar-refractivity contribution in [2.75, 3.05) is 18.2 Å². The number of hydrogen-bond donors (Lipinski definition) is 2. The van der Waals surface area contributed by atoms with Crippen LogP contribution < -0.4 is 11.1 Å². The number of esters is 1. The number of anilines is 2. The summed E-state index contributed by atoms with van der Waals surface area (Å²) in [5, 5.41) is 7.44. The van der Waals surface area contributed by atoms with Crippen molar-refractivity contribution in [2.24, 2.45) is 0 Å². The molecule has 2 aromatic heterocycles. The van der Waals surface area contributed by atoms with Crippen molar-refractivity contribution in [3.8, 4) is 5.82 Å². The Morgan fingerprint density at radius 3 is 2.76 bits per heavy atom. The molecule has 0 atom stereocenters. The Kier molecular flexibility index (Phi) is 4.11. The monoisotopic (exact) mass is 289 g/mol. The number of carbonyl (C=O) groups excluding carboxylic acids is 1. The average molecular weight is 289 g/mol. The number of nitrogen functional groups attached to an aromatic ring is 1. The van der Waals surface area contributed by atoms with Crippen LogP contribution in [0, 0.1) is 6.92 Å². The van der Waals surface area contributed by atoms with E-state index in [1.165, 1.54) is 11.8 Å². The van der Waals surface area contributed by atoms with E-state index < -0.39 is 5.97 Å². The average Bonchev–Trinajstić information content (AvgIpc) is 2.74. The highest BCUT2D eigenvalue weighted by molar-refractivity contribution is 5.99. The number of aryl methyl sites for hydroxylation is 1. The minimum absolute atomic E-state index is 0.0987. The van der Waals surface area contributed by atoms with Gasteiger partial charge in [0.15, 0.2) is 11.6 Å². The van der Waals surface area contributed by atoms with Crippen LogP contribution in [0.25, 0.3) is 5.82 Å². The van der Waals surface area contributed by atoms with Crippen LogP contribution in [0.4, 0.5) is 11.6 Å². The number of rotatable bonds is 4. The molecule has 7 heteroatoms. The van der Waals surface area contributed by atoms with E-state index >= 15 is 0 Å². The van der Waals surface area contributed by atoms with Gasteiger partial charge in [-0.2, -0.15) is 4.68 Å². The minimum atomic E-state index is -0.533. The SMILES string of the molecule is COC(=O)c1c(NC(C)C)nn(-c2cc(C)ccn2)c1N. The normalized spacial score (nSPS) is 10.7. The molecule has 0 radical (unpaired) electrons. The highest BCUT2D eigenvalue weighted by Gasteiger charge is 2.24. The molecule has 0 amide bonds. The van der Waals surface area contributed by atoms with Gasteiger partial charge in [0.05, 0.1) is 7.11 Å². The van der Waals surface area contributed by atoms with Crippen molar-refractivity contribution in [2.45, 2.75) is 26.8 Å². The second-order valence-electron chi connectivity index (χ2n) is 5.00. The summed E-state index contributed by atoms with van der Waals surface area (Å²) in [5.74, 6) is 0.602. The van der Waals surface area contributed by atoms with E-state index in [0.29, 0.717) is 11.6 Å². The van der Waals surface area contributed by atoms with Crippen molar-refractivity contribution in [1.29, 1.82) is 0 Å². The van der Waals surface area contributed by atoms with Crippen LogP contribution >= 0.6 is 0 Å². The summed E-state index contributed by atoms with van der Waals surface area (Å²) < 4.78 is 6.21. The van der Waals surface area contributed by atoms with Gasteiger partial charge in [-0.05, 0) is 38.5 Å². The molecule has 7 nitrogen and oxygen atoms in total. The molecule has 0 bridgehead atoms. The molecule has 2 aromatic rings. The molecule has 0 aromatic carbocycles. The van der Waals surface area contributed by atoms with Gasteiger partial charge in [-0.25, -0.2) is 9.78 Å². The zero-order valence-electron chi connectivity index (χ0n) is 12.5. The van der Waals surface area contributed by atoms with Crippen LogP contribution in [0.15, 0.2) is 18.3 Å². The van der Waals surface area contributed by atoms with Gasteiger partial charge >= 0.3 is 5.97 Å². The van der Waals surface area contributed by atoms with E-state index in [-0.39, 0.29) is 17.4 Å². The summed E-state index contributed by atoms with van der Waals surface area (Å²) in [6.07, 6.45) is 1.67.